The summed E-state index contributed by atoms with van der Waals surface area (Å²) in [7, 11) is 0. The Bertz CT molecular complexity index is 987. The molecule has 1 heterocycles. The van der Waals surface area contributed by atoms with Gasteiger partial charge in [-0.25, -0.2) is 0 Å². The van der Waals surface area contributed by atoms with Crippen molar-refractivity contribution in [3.63, 3.8) is 0 Å². The first-order valence-corrected chi connectivity index (χ1v) is 7.45. The molecule has 2 aromatic rings. The summed E-state index contributed by atoms with van der Waals surface area (Å²) < 4.78 is 5.62. The van der Waals surface area contributed by atoms with Crippen molar-refractivity contribution in [1.29, 1.82) is 0 Å². The van der Waals surface area contributed by atoms with Gasteiger partial charge in [0.15, 0.2) is 28.8 Å². The van der Waals surface area contributed by atoms with Crippen LogP contribution in [0, 0.1) is 5.92 Å². The van der Waals surface area contributed by atoms with E-state index >= 15 is 0 Å². The Labute approximate surface area is 141 Å². The van der Waals surface area contributed by atoms with E-state index in [1.165, 1.54) is 24.3 Å². The Morgan fingerprint density at radius 2 is 1.76 bits per heavy atom. The predicted octanol–water partition coefficient (Wildman–Crippen LogP) is 2.28. The summed E-state index contributed by atoms with van der Waals surface area (Å²) in [6.07, 6.45) is 1.38. The van der Waals surface area contributed by atoms with E-state index in [0.717, 1.165) is 0 Å². The van der Waals surface area contributed by atoms with Crippen LogP contribution in [0.5, 0.6) is 28.7 Å². The number of rotatable bonds is 1. The van der Waals surface area contributed by atoms with Crippen molar-refractivity contribution in [2.75, 3.05) is 0 Å². The standard InChI is InChI=1S/C18H12O7/c19-11-3-2-8-6-9-13-7(5-10(14(9)21)18(23)24)1-4-12(20)17(13)25-16(8)15(11)22/h1-4,6,10,19-20,22H,5H2,(H,23,24)/t10-/m1/s1. The minimum absolute atomic E-state index is 0.0228. The average molecular weight is 340 g/mol. The number of carboxylic acid groups (broad SMARTS) is 1. The molecule has 1 atom stereocenters. The van der Waals surface area contributed by atoms with Crippen LogP contribution in [0.2, 0.25) is 0 Å². The lowest BCUT2D eigenvalue weighted by molar-refractivity contribution is -0.144. The first-order chi connectivity index (χ1) is 11.9. The molecule has 2 aliphatic rings. The molecule has 0 fully saturated rings. The van der Waals surface area contributed by atoms with Gasteiger partial charge in [0.2, 0.25) is 5.75 Å². The molecule has 0 bridgehead atoms. The molecular weight excluding hydrogens is 328 g/mol. The summed E-state index contributed by atoms with van der Waals surface area (Å²) in [6.45, 7) is 0. The minimum Gasteiger partial charge on any atom is -0.504 e. The number of aromatic hydroxyl groups is 3. The highest BCUT2D eigenvalue weighted by Gasteiger charge is 2.39. The number of phenols is 3. The Hall–Kier alpha value is -3.48. The van der Waals surface area contributed by atoms with Crippen molar-refractivity contribution >= 4 is 23.4 Å². The van der Waals surface area contributed by atoms with E-state index in [1.54, 1.807) is 6.07 Å². The molecule has 0 amide bonds. The number of fused-ring (bicyclic) bond motifs is 1. The number of allylic oxidation sites excluding steroid dienone is 1. The number of aliphatic carboxylic acids is 1. The maximum Gasteiger partial charge on any atom is 0.314 e. The molecular formula is C18H12O7. The fourth-order valence-corrected chi connectivity index (χ4v) is 3.20. The van der Waals surface area contributed by atoms with Gasteiger partial charge in [0, 0.05) is 16.7 Å². The molecule has 1 aliphatic carbocycles. The molecule has 0 aromatic heterocycles. The molecule has 25 heavy (non-hydrogen) atoms. The van der Waals surface area contributed by atoms with Crippen LogP contribution < -0.4 is 4.74 Å². The number of benzene rings is 2. The summed E-state index contributed by atoms with van der Waals surface area (Å²) in [5, 5.41) is 39.3. The van der Waals surface area contributed by atoms with Gasteiger partial charge in [-0.05, 0) is 36.3 Å². The van der Waals surface area contributed by atoms with Gasteiger partial charge in [-0.2, -0.15) is 0 Å². The average Bonchev–Trinajstić information content (AvgIpc) is 2.75. The highest BCUT2D eigenvalue weighted by Crippen LogP contribution is 2.51. The third kappa shape index (κ3) is 2.06. The number of carbonyl (C=O) groups excluding carboxylic acids is 1. The van der Waals surface area contributed by atoms with E-state index in [9.17, 15) is 30.0 Å². The fourth-order valence-electron chi connectivity index (χ4n) is 3.20. The van der Waals surface area contributed by atoms with Crippen LogP contribution in [-0.2, 0) is 16.0 Å². The first-order valence-electron chi connectivity index (χ1n) is 7.45. The topological polar surface area (TPSA) is 124 Å². The van der Waals surface area contributed by atoms with Crippen molar-refractivity contribution < 1.29 is 34.8 Å². The molecule has 1 aliphatic heterocycles. The van der Waals surface area contributed by atoms with Gasteiger partial charge < -0.3 is 25.2 Å². The maximum atomic E-state index is 12.7. The summed E-state index contributed by atoms with van der Waals surface area (Å²) >= 11 is 0. The molecule has 4 N–H and O–H groups in total. The van der Waals surface area contributed by atoms with Gasteiger partial charge in [0.1, 0.15) is 5.92 Å². The van der Waals surface area contributed by atoms with Crippen molar-refractivity contribution in [2.24, 2.45) is 5.92 Å². The Balaban J connectivity index is 2.06. The van der Waals surface area contributed by atoms with Gasteiger partial charge in [0.25, 0.3) is 0 Å². The van der Waals surface area contributed by atoms with Crippen molar-refractivity contribution in [3.8, 4) is 28.7 Å². The van der Waals surface area contributed by atoms with E-state index < -0.39 is 29.2 Å². The molecule has 0 spiro atoms. The SMILES string of the molecule is O=C(O)[C@@H]1Cc2ccc(O)c3c2C(=Cc2ccc(O)c(O)c2O3)C1=O. The lowest BCUT2D eigenvalue weighted by Gasteiger charge is -2.24. The van der Waals surface area contributed by atoms with Crippen molar-refractivity contribution in [1.82, 2.24) is 0 Å². The molecule has 7 nitrogen and oxygen atoms in total. The molecule has 2 aromatic carbocycles. The smallest absolute Gasteiger partial charge is 0.314 e. The Morgan fingerprint density at radius 1 is 1.04 bits per heavy atom. The number of hydrogen-bond acceptors (Lipinski definition) is 6. The highest BCUT2D eigenvalue weighted by molar-refractivity contribution is 6.32. The van der Waals surface area contributed by atoms with E-state index in [1.807, 2.05) is 0 Å². The molecule has 0 saturated heterocycles. The monoisotopic (exact) mass is 340 g/mol. The van der Waals surface area contributed by atoms with E-state index in [2.05, 4.69) is 0 Å². The second-order valence-corrected chi connectivity index (χ2v) is 5.92. The van der Waals surface area contributed by atoms with Crippen LogP contribution in [0.4, 0.5) is 0 Å². The summed E-state index contributed by atoms with van der Waals surface area (Å²) in [4.78, 5) is 24.1. The third-order valence-corrected chi connectivity index (χ3v) is 4.44. The van der Waals surface area contributed by atoms with Crippen LogP contribution in [-0.4, -0.2) is 32.2 Å². The number of phenolic OH excluding ortho intramolecular Hbond substituents is 3. The Kier molecular flexibility index (Phi) is 3.02. The summed E-state index contributed by atoms with van der Waals surface area (Å²) in [6, 6.07) is 5.54. The molecule has 0 unspecified atom stereocenters. The largest absolute Gasteiger partial charge is 0.504 e. The normalized spacial score (nSPS) is 17.7. The second-order valence-electron chi connectivity index (χ2n) is 5.92. The zero-order valence-corrected chi connectivity index (χ0v) is 12.7. The zero-order chi connectivity index (χ0) is 17.9. The fraction of sp³-hybridized carbons (Fsp3) is 0.111. The Morgan fingerprint density at radius 3 is 2.48 bits per heavy atom. The predicted molar refractivity (Wildman–Crippen MR) is 85.7 cm³/mol. The lowest BCUT2D eigenvalue weighted by Crippen LogP contribution is -2.31. The van der Waals surface area contributed by atoms with Crippen LogP contribution >= 0.6 is 0 Å². The van der Waals surface area contributed by atoms with Crippen LogP contribution in [0.15, 0.2) is 24.3 Å². The molecule has 0 saturated carbocycles. The quantitative estimate of drug-likeness (QED) is 0.464. The van der Waals surface area contributed by atoms with Crippen LogP contribution in [0.25, 0.3) is 11.6 Å². The van der Waals surface area contributed by atoms with Crippen molar-refractivity contribution in [3.05, 3.63) is 41.0 Å². The van der Waals surface area contributed by atoms with Gasteiger partial charge in [-0.15, -0.1) is 0 Å². The number of carboxylic acids is 1. The zero-order valence-electron chi connectivity index (χ0n) is 12.7. The number of carbonyl (C=O) groups is 2. The van der Waals surface area contributed by atoms with E-state index in [-0.39, 0.29) is 34.8 Å². The summed E-state index contributed by atoms with van der Waals surface area (Å²) in [5.41, 5.74) is 1.22. The first kappa shape index (κ1) is 15.1. The number of ether oxygens (including phenoxy) is 1. The van der Waals surface area contributed by atoms with Gasteiger partial charge in [-0.1, -0.05) is 6.07 Å². The van der Waals surface area contributed by atoms with E-state index in [0.29, 0.717) is 11.1 Å². The van der Waals surface area contributed by atoms with Gasteiger partial charge in [0.05, 0.1) is 0 Å². The van der Waals surface area contributed by atoms with Gasteiger partial charge in [-0.3, -0.25) is 9.59 Å². The highest BCUT2D eigenvalue weighted by atomic mass is 16.5. The summed E-state index contributed by atoms with van der Waals surface area (Å²) in [5.74, 6) is -4.46. The van der Waals surface area contributed by atoms with E-state index in [4.69, 9.17) is 4.74 Å². The molecule has 4 rings (SSSR count). The number of hydrogen-bond donors (Lipinski definition) is 4. The minimum atomic E-state index is -1.23. The third-order valence-electron chi connectivity index (χ3n) is 4.44. The number of ketones is 1. The van der Waals surface area contributed by atoms with Crippen LogP contribution in [0.3, 0.4) is 0 Å². The van der Waals surface area contributed by atoms with Crippen LogP contribution in [0.1, 0.15) is 16.7 Å². The molecule has 7 heteroatoms. The molecule has 0 radical (unpaired) electrons. The lowest BCUT2D eigenvalue weighted by atomic mass is 9.78. The maximum absolute atomic E-state index is 12.7. The van der Waals surface area contributed by atoms with Crippen molar-refractivity contribution in [2.45, 2.75) is 6.42 Å². The second kappa shape index (κ2) is 5.01. The molecule has 126 valence electrons. The number of Topliss-reactive ketones (excluding diaryl/α,β-unsaturated/α-hetero) is 1. The van der Waals surface area contributed by atoms with Gasteiger partial charge >= 0.3 is 5.97 Å².